The largest absolute Gasteiger partial charge is 0.206 e. The minimum Gasteiger partial charge on any atom is -0.206 e. The van der Waals surface area contributed by atoms with E-state index in [0.29, 0.717) is 41.5 Å². The Hall–Kier alpha value is -2.55. The van der Waals surface area contributed by atoms with Crippen molar-refractivity contribution in [2.45, 2.75) is 39.5 Å². The van der Waals surface area contributed by atoms with Gasteiger partial charge in [0.1, 0.15) is 5.82 Å². The van der Waals surface area contributed by atoms with Crippen LogP contribution >= 0.6 is 0 Å². The van der Waals surface area contributed by atoms with Crippen molar-refractivity contribution in [3.63, 3.8) is 0 Å². The number of halogens is 3. The molecule has 0 amide bonds. The van der Waals surface area contributed by atoms with Gasteiger partial charge in [0.2, 0.25) is 0 Å². The van der Waals surface area contributed by atoms with E-state index < -0.39 is 17.5 Å². The van der Waals surface area contributed by atoms with Crippen molar-refractivity contribution in [2.24, 2.45) is 0 Å². The van der Waals surface area contributed by atoms with Crippen LogP contribution in [0.2, 0.25) is 0 Å². The first-order chi connectivity index (χ1) is 13.0. The van der Waals surface area contributed by atoms with Gasteiger partial charge in [-0.25, -0.2) is 13.2 Å². The van der Waals surface area contributed by atoms with Gasteiger partial charge in [0.15, 0.2) is 11.6 Å². The van der Waals surface area contributed by atoms with Crippen LogP contribution in [0.3, 0.4) is 0 Å². The summed E-state index contributed by atoms with van der Waals surface area (Å²) in [7, 11) is 0. The molecular formula is C24H21F3. The normalized spacial score (nSPS) is 11.7. The topological polar surface area (TPSA) is 0 Å². The smallest absolute Gasteiger partial charge is 0.167 e. The fraction of sp³-hybridized carbons (Fsp3) is 0.250. The minimum absolute atomic E-state index is 0.0945. The van der Waals surface area contributed by atoms with Crippen molar-refractivity contribution in [3.05, 3.63) is 82.2 Å². The molecule has 0 bridgehead atoms. The predicted molar refractivity (Wildman–Crippen MR) is 103 cm³/mol. The molecule has 0 fully saturated rings. The van der Waals surface area contributed by atoms with Gasteiger partial charge in [-0.3, -0.25) is 0 Å². The SMILES string of the molecule is CCCc1cc2c(c(F)c1F)-c1c-2ccc(CCc2ccc(C)cc2)c1F. The van der Waals surface area contributed by atoms with E-state index in [1.807, 2.05) is 44.2 Å². The molecule has 3 aromatic rings. The molecule has 3 aromatic carbocycles. The fourth-order valence-corrected chi connectivity index (χ4v) is 3.84. The van der Waals surface area contributed by atoms with Gasteiger partial charge in [0.05, 0.1) is 0 Å². The van der Waals surface area contributed by atoms with E-state index in [2.05, 4.69) is 0 Å². The second-order valence-corrected chi connectivity index (χ2v) is 7.28. The summed E-state index contributed by atoms with van der Waals surface area (Å²) < 4.78 is 43.9. The highest BCUT2D eigenvalue weighted by Gasteiger charge is 2.33. The maximum Gasteiger partial charge on any atom is 0.167 e. The van der Waals surface area contributed by atoms with E-state index in [1.165, 1.54) is 5.56 Å². The molecule has 0 radical (unpaired) electrons. The first kappa shape index (κ1) is 17.8. The van der Waals surface area contributed by atoms with Crippen LogP contribution < -0.4 is 0 Å². The summed E-state index contributed by atoms with van der Waals surface area (Å²) in [6, 6.07) is 13.4. The van der Waals surface area contributed by atoms with Crippen LogP contribution in [0.1, 0.15) is 35.6 Å². The van der Waals surface area contributed by atoms with Crippen LogP contribution in [0.15, 0.2) is 42.5 Å². The molecule has 0 N–H and O–H groups in total. The van der Waals surface area contributed by atoms with Crippen molar-refractivity contribution in [3.8, 4) is 22.3 Å². The Morgan fingerprint density at radius 3 is 2.07 bits per heavy atom. The fourth-order valence-electron chi connectivity index (χ4n) is 3.84. The average molecular weight is 366 g/mol. The highest BCUT2D eigenvalue weighted by atomic mass is 19.2. The lowest BCUT2D eigenvalue weighted by Crippen LogP contribution is -2.11. The van der Waals surface area contributed by atoms with E-state index in [9.17, 15) is 8.78 Å². The third kappa shape index (κ3) is 2.95. The molecule has 0 nitrogen and oxygen atoms in total. The molecule has 27 heavy (non-hydrogen) atoms. The van der Waals surface area contributed by atoms with Crippen LogP contribution in [-0.2, 0) is 19.3 Å². The van der Waals surface area contributed by atoms with E-state index >= 15 is 4.39 Å². The number of aryl methyl sites for hydroxylation is 4. The van der Waals surface area contributed by atoms with Crippen molar-refractivity contribution >= 4 is 0 Å². The number of rotatable bonds is 5. The number of benzene rings is 3. The molecule has 0 aliphatic heterocycles. The molecule has 0 atom stereocenters. The summed E-state index contributed by atoms with van der Waals surface area (Å²) in [5.74, 6) is -2.18. The third-order valence-corrected chi connectivity index (χ3v) is 5.37. The minimum atomic E-state index is -0.918. The zero-order chi connectivity index (χ0) is 19.1. The molecule has 1 aliphatic rings. The molecule has 1 aliphatic carbocycles. The summed E-state index contributed by atoms with van der Waals surface area (Å²) in [6.07, 6.45) is 2.43. The molecule has 0 spiro atoms. The average Bonchev–Trinajstić information content (AvgIpc) is 2.65. The highest BCUT2D eigenvalue weighted by molar-refractivity contribution is 6.03. The van der Waals surface area contributed by atoms with Gasteiger partial charge in [-0.1, -0.05) is 55.3 Å². The Morgan fingerprint density at radius 1 is 0.667 bits per heavy atom. The lowest BCUT2D eigenvalue weighted by molar-refractivity contribution is 0.499. The van der Waals surface area contributed by atoms with E-state index in [-0.39, 0.29) is 11.1 Å². The Labute approximate surface area is 157 Å². The Bertz CT molecular complexity index is 1020. The van der Waals surface area contributed by atoms with E-state index in [4.69, 9.17) is 0 Å². The quantitative estimate of drug-likeness (QED) is 0.364. The molecule has 0 unspecified atom stereocenters. The second kappa shape index (κ2) is 6.88. The van der Waals surface area contributed by atoms with Crippen molar-refractivity contribution in [2.75, 3.05) is 0 Å². The van der Waals surface area contributed by atoms with Gasteiger partial charge < -0.3 is 0 Å². The zero-order valence-corrected chi connectivity index (χ0v) is 15.5. The van der Waals surface area contributed by atoms with Gasteiger partial charge in [0.25, 0.3) is 0 Å². The first-order valence-corrected chi connectivity index (χ1v) is 9.39. The van der Waals surface area contributed by atoms with Gasteiger partial charge in [0, 0.05) is 11.1 Å². The van der Waals surface area contributed by atoms with Gasteiger partial charge in [-0.2, -0.15) is 0 Å². The number of hydrogen-bond acceptors (Lipinski definition) is 0. The van der Waals surface area contributed by atoms with Crippen molar-refractivity contribution in [1.82, 2.24) is 0 Å². The Morgan fingerprint density at radius 2 is 1.37 bits per heavy atom. The van der Waals surface area contributed by atoms with Crippen LogP contribution in [0.4, 0.5) is 13.2 Å². The summed E-state index contributed by atoms with van der Waals surface area (Å²) >= 11 is 0. The maximum absolute atomic E-state index is 15.0. The molecule has 0 saturated carbocycles. The van der Waals surface area contributed by atoms with Gasteiger partial charge in [-0.15, -0.1) is 0 Å². The zero-order valence-electron chi connectivity index (χ0n) is 15.5. The summed E-state index contributed by atoms with van der Waals surface area (Å²) in [5, 5.41) is 0. The number of hydrogen-bond donors (Lipinski definition) is 0. The van der Waals surface area contributed by atoms with Crippen LogP contribution in [0.5, 0.6) is 0 Å². The van der Waals surface area contributed by atoms with Crippen molar-refractivity contribution < 1.29 is 13.2 Å². The van der Waals surface area contributed by atoms with Gasteiger partial charge >= 0.3 is 0 Å². The third-order valence-electron chi connectivity index (χ3n) is 5.37. The van der Waals surface area contributed by atoms with Crippen LogP contribution in [-0.4, -0.2) is 0 Å². The molecule has 0 saturated heterocycles. The monoisotopic (exact) mass is 366 g/mol. The summed E-state index contributed by atoms with van der Waals surface area (Å²) in [6.45, 7) is 3.95. The van der Waals surface area contributed by atoms with E-state index in [0.717, 1.165) is 12.0 Å². The Balaban J connectivity index is 1.65. The maximum atomic E-state index is 15.0. The molecular weight excluding hydrogens is 345 g/mol. The highest BCUT2D eigenvalue weighted by Crippen LogP contribution is 2.51. The lowest BCUT2D eigenvalue weighted by Gasteiger charge is -2.27. The molecule has 138 valence electrons. The first-order valence-electron chi connectivity index (χ1n) is 9.39. The van der Waals surface area contributed by atoms with Crippen LogP contribution in [0.25, 0.3) is 22.3 Å². The van der Waals surface area contributed by atoms with E-state index in [1.54, 1.807) is 12.1 Å². The molecule has 4 rings (SSSR count). The Kier molecular flexibility index (Phi) is 4.55. The predicted octanol–water partition coefficient (Wildman–Crippen LogP) is 6.80. The molecule has 0 heterocycles. The summed E-state index contributed by atoms with van der Waals surface area (Å²) in [4.78, 5) is 0. The van der Waals surface area contributed by atoms with Crippen LogP contribution in [0, 0.1) is 24.4 Å². The number of fused-ring (bicyclic) bond motifs is 4. The standard InChI is InChI=1S/C24H21F3/c1-3-4-17-13-19-18-12-11-16(10-9-15-7-5-14(2)6-8-15)22(25)20(18)21(19)24(27)23(17)26/h5-8,11-13H,3-4,9-10H2,1-2H3. The summed E-state index contributed by atoms with van der Waals surface area (Å²) in [5.41, 5.74) is 4.84. The van der Waals surface area contributed by atoms with Crippen molar-refractivity contribution in [1.29, 1.82) is 0 Å². The lowest BCUT2D eigenvalue weighted by atomic mass is 9.77. The molecule has 0 aromatic heterocycles. The second-order valence-electron chi connectivity index (χ2n) is 7.28. The molecule has 3 heteroatoms. The van der Waals surface area contributed by atoms with Gasteiger partial charge in [-0.05, 0) is 60.1 Å².